The van der Waals surface area contributed by atoms with Crippen molar-refractivity contribution >= 4 is 17.7 Å². The van der Waals surface area contributed by atoms with Gasteiger partial charge in [-0.25, -0.2) is 4.98 Å². The van der Waals surface area contributed by atoms with Crippen LogP contribution in [0.2, 0.25) is 0 Å². The van der Waals surface area contributed by atoms with Gasteiger partial charge in [0.05, 0.1) is 19.8 Å². The van der Waals surface area contributed by atoms with E-state index >= 15 is 0 Å². The van der Waals surface area contributed by atoms with Gasteiger partial charge in [-0.15, -0.1) is 0 Å². The van der Waals surface area contributed by atoms with Crippen LogP contribution in [0.5, 0.6) is 0 Å². The van der Waals surface area contributed by atoms with Crippen molar-refractivity contribution in [3.8, 4) is 0 Å². The third-order valence-corrected chi connectivity index (χ3v) is 3.93. The van der Waals surface area contributed by atoms with Crippen LogP contribution in [0.1, 0.15) is 17.3 Å². The van der Waals surface area contributed by atoms with E-state index in [4.69, 9.17) is 15.2 Å². The molecule has 0 aromatic carbocycles. The van der Waals surface area contributed by atoms with Gasteiger partial charge >= 0.3 is 0 Å². The second kappa shape index (κ2) is 10.1. The van der Waals surface area contributed by atoms with Gasteiger partial charge in [0, 0.05) is 52.6 Å². The largest absolute Gasteiger partial charge is 0.383 e. The molecule has 1 aromatic rings. The van der Waals surface area contributed by atoms with Crippen molar-refractivity contribution in [1.82, 2.24) is 20.2 Å². The lowest BCUT2D eigenvalue weighted by molar-refractivity contribution is 0.0424. The molecule has 1 amide bonds. The highest BCUT2D eigenvalue weighted by molar-refractivity contribution is 5.98. The van der Waals surface area contributed by atoms with Crippen LogP contribution in [0.3, 0.4) is 0 Å². The minimum atomic E-state index is -0.210. The number of hydrogen-bond acceptors (Lipinski definition) is 8. The lowest BCUT2D eigenvalue weighted by atomic mass is 10.2. The minimum Gasteiger partial charge on any atom is -0.383 e. The summed E-state index contributed by atoms with van der Waals surface area (Å²) in [4.78, 5) is 24.7. The number of nitrogens with zero attached hydrogens (tertiary/aromatic N) is 4. The van der Waals surface area contributed by atoms with Crippen LogP contribution >= 0.6 is 0 Å². The maximum Gasteiger partial charge on any atom is 0.259 e. The topological polar surface area (TPSA) is 106 Å². The Morgan fingerprint density at radius 3 is 2.72 bits per heavy atom. The Bertz CT molecular complexity index is 551. The molecule has 2 rings (SSSR count). The summed E-state index contributed by atoms with van der Waals surface area (Å²) in [6, 6.07) is 0. The van der Waals surface area contributed by atoms with Gasteiger partial charge in [-0.1, -0.05) is 0 Å². The third-order valence-electron chi connectivity index (χ3n) is 3.93. The van der Waals surface area contributed by atoms with E-state index in [2.05, 4.69) is 20.2 Å². The van der Waals surface area contributed by atoms with Crippen LogP contribution in [0, 0.1) is 0 Å². The number of carbonyl (C=O) groups excluding carboxylic acids is 1. The molecular weight excluding hydrogens is 324 g/mol. The van der Waals surface area contributed by atoms with Crippen molar-refractivity contribution in [2.24, 2.45) is 0 Å². The van der Waals surface area contributed by atoms with Gasteiger partial charge < -0.3 is 30.3 Å². The summed E-state index contributed by atoms with van der Waals surface area (Å²) >= 11 is 0. The molecule has 3 N–H and O–H groups in total. The number of likely N-dealkylation sites (N-methyl/N-ethyl adjacent to an activating group) is 1. The van der Waals surface area contributed by atoms with Crippen molar-refractivity contribution in [3.05, 3.63) is 11.8 Å². The minimum absolute atomic E-state index is 0.206. The predicted octanol–water partition coefficient (Wildman–Crippen LogP) is -0.406. The number of piperazine rings is 1. The number of anilines is 2. The zero-order valence-electron chi connectivity index (χ0n) is 15.0. The van der Waals surface area contributed by atoms with E-state index in [0.717, 1.165) is 26.2 Å². The Kier molecular flexibility index (Phi) is 7.83. The van der Waals surface area contributed by atoms with Crippen LogP contribution in [0.4, 0.5) is 11.8 Å². The van der Waals surface area contributed by atoms with E-state index in [-0.39, 0.29) is 11.7 Å². The third kappa shape index (κ3) is 5.80. The second-order valence-corrected chi connectivity index (χ2v) is 5.74. The van der Waals surface area contributed by atoms with Crippen molar-refractivity contribution in [3.63, 3.8) is 0 Å². The molecule has 0 radical (unpaired) electrons. The average Bonchev–Trinajstić information content (AvgIpc) is 2.64. The van der Waals surface area contributed by atoms with Gasteiger partial charge in [-0.2, -0.15) is 4.98 Å². The molecule has 0 unspecified atom stereocenters. The van der Waals surface area contributed by atoms with Crippen molar-refractivity contribution in [2.75, 3.05) is 76.8 Å². The summed E-state index contributed by atoms with van der Waals surface area (Å²) < 4.78 is 10.6. The monoisotopic (exact) mass is 352 g/mol. The van der Waals surface area contributed by atoms with Gasteiger partial charge in [0.25, 0.3) is 5.91 Å². The molecule has 1 aliphatic rings. The SMILES string of the molecule is CCOCCOCCN(C)C(=O)c1cnc(N2CCNCC2)nc1N. The molecule has 1 aliphatic heterocycles. The number of hydrogen-bond donors (Lipinski definition) is 2. The first-order chi connectivity index (χ1) is 12.1. The van der Waals surface area contributed by atoms with Crippen molar-refractivity contribution in [2.45, 2.75) is 6.92 Å². The normalized spacial score (nSPS) is 14.6. The van der Waals surface area contributed by atoms with E-state index in [9.17, 15) is 4.79 Å². The van der Waals surface area contributed by atoms with Crippen LogP contribution in [-0.2, 0) is 9.47 Å². The summed E-state index contributed by atoms with van der Waals surface area (Å²) in [6.45, 7) is 8.00. The molecular formula is C16H28N6O3. The van der Waals surface area contributed by atoms with Crippen LogP contribution in [-0.4, -0.2) is 87.0 Å². The highest BCUT2D eigenvalue weighted by Crippen LogP contribution is 2.15. The molecule has 0 bridgehead atoms. The molecule has 0 spiro atoms. The molecule has 9 nitrogen and oxygen atoms in total. The Balaban J connectivity index is 1.85. The highest BCUT2D eigenvalue weighted by Gasteiger charge is 2.19. The maximum atomic E-state index is 12.5. The fraction of sp³-hybridized carbons (Fsp3) is 0.688. The Morgan fingerprint density at radius 1 is 1.32 bits per heavy atom. The average molecular weight is 352 g/mol. The molecule has 1 fully saturated rings. The standard InChI is InChI=1S/C16H28N6O3/c1-3-24-10-11-25-9-8-21(2)15(23)13-12-19-16(20-14(13)17)22-6-4-18-5-7-22/h12,18H,3-11H2,1-2H3,(H2,17,19,20). The van der Waals surface area contributed by atoms with Crippen molar-refractivity contribution < 1.29 is 14.3 Å². The first-order valence-corrected chi connectivity index (χ1v) is 8.62. The number of aromatic nitrogens is 2. The summed E-state index contributed by atoms with van der Waals surface area (Å²) in [6.07, 6.45) is 1.51. The summed E-state index contributed by atoms with van der Waals surface area (Å²) in [5.74, 6) is 0.563. The van der Waals surface area contributed by atoms with Crippen molar-refractivity contribution in [1.29, 1.82) is 0 Å². The Labute approximate surface area is 148 Å². The number of rotatable bonds is 9. The van der Waals surface area contributed by atoms with Gasteiger partial charge in [0.15, 0.2) is 0 Å². The summed E-state index contributed by atoms with van der Waals surface area (Å²) in [7, 11) is 1.71. The Morgan fingerprint density at radius 2 is 2.04 bits per heavy atom. The van der Waals surface area contributed by atoms with Gasteiger partial charge in [-0.05, 0) is 6.92 Å². The molecule has 140 valence electrons. The fourth-order valence-corrected chi connectivity index (χ4v) is 2.44. The first kappa shape index (κ1) is 19.4. The zero-order chi connectivity index (χ0) is 18.1. The van der Waals surface area contributed by atoms with E-state index in [1.54, 1.807) is 11.9 Å². The number of nitrogens with one attached hydrogen (secondary N) is 1. The molecule has 1 aromatic heterocycles. The van der Waals surface area contributed by atoms with Gasteiger partial charge in [-0.3, -0.25) is 4.79 Å². The number of nitrogens with two attached hydrogens (primary N) is 1. The summed E-state index contributed by atoms with van der Waals surface area (Å²) in [5, 5.41) is 3.27. The number of amides is 1. The zero-order valence-corrected chi connectivity index (χ0v) is 15.0. The molecule has 0 aliphatic carbocycles. The number of ether oxygens (including phenoxy) is 2. The quantitative estimate of drug-likeness (QED) is 0.578. The van der Waals surface area contributed by atoms with E-state index in [1.807, 2.05) is 6.92 Å². The smallest absolute Gasteiger partial charge is 0.259 e. The molecule has 1 saturated heterocycles. The molecule has 2 heterocycles. The fourth-order valence-electron chi connectivity index (χ4n) is 2.44. The predicted molar refractivity (Wildman–Crippen MR) is 95.8 cm³/mol. The van der Waals surface area contributed by atoms with Gasteiger partial charge in [0.2, 0.25) is 5.95 Å². The lowest BCUT2D eigenvalue weighted by Gasteiger charge is -2.27. The number of carbonyl (C=O) groups is 1. The second-order valence-electron chi connectivity index (χ2n) is 5.74. The highest BCUT2D eigenvalue weighted by atomic mass is 16.5. The summed E-state index contributed by atoms with van der Waals surface area (Å²) in [5.41, 5.74) is 6.30. The van der Waals surface area contributed by atoms with Gasteiger partial charge in [0.1, 0.15) is 11.4 Å². The van der Waals surface area contributed by atoms with Crippen LogP contribution < -0.4 is 16.0 Å². The maximum absolute atomic E-state index is 12.5. The first-order valence-electron chi connectivity index (χ1n) is 8.62. The van der Waals surface area contributed by atoms with Crippen LogP contribution in [0.25, 0.3) is 0 Å². The molecule has 9 heteroatoms. The van der Waals surface area contributed by atoms with Crippen LogP contribution in [0.15, 0.2) is 6.20 Å². The molecule has 25 heavy (non-hydrogen) atoms. The Hall–Kier alpha value is -1.97. The number of nitrogen functional groups attached to an aromatic ring is 1. The lowest BCUT2D eigenvalue weighted by Crippen LogP contribution is -2.44. The van der Waals surface area contributed by atoms with E-state index in [1.165, 1.54) is 6.20 Å². The molecule has 0 atom stereocenters. The van der Waals surface area contributed by atoms with E-state index in [0.29, 0.717) is 44.5 Å². The molecule has 0 saturated carbocycles. The van der Waals surface area contributed by atoms with E-state index < -0.39 is 0 Å².